The largest absolute Gasteiger partial charge is 0.480 e. The highest BCUT2D eigenvalue weighted by Crippen LogP contribution is 2.00. The zero-order valence-electron chi connectivity index (χ0n) is 9.09. The normalized spacial score (nSPS) is 19.6. The highest BCUT2D eigenvalue weighted by molar-refractivity contribution is 5.88. The van der Waals surface area contributed by atoms with Crippen LogP contribution in [0.3, 0.4) is 0 Å². The smallest absolute Gasteiger partial charge is 0.323 e. The SMILES string of the molecule is O=C(O)CN(CC(=O)O)C(=O)C1COCCN1. The van der Waals surface area contributed by atoms with Crippen molar-refractivity contribution in [3.05, 3.63) is 0 Å². The lowest BCUT2D eigenvalue weighted by Gasteiger charge is -2.28. The minimum absolute atomic E-state index is 0.120. The van der Waals surface area contributed by atoms with E-state index in [1.807, 2.05) is 0 Å². The number of aliphatic carboxylic acids is 2. The topological polar surface area (TPSA) is 116 Å². The number of rotatable bonds is 5. The lowest BCUT2D eigenvalue weighted by molar-refractivity contribution is -0.151. The van der Waals surface area contributed by atoms with E-state index in [9.17, 15) is 14.4 Å². The van der Waals surface area contributed by atoms with Crippen molar-refractivity contribution in [2.24, 2.45) is 0 Å². The van der Waals surface area contributed by atoms with E-state index in [2.05, 4.69) is 5.32 Å². The monoisotopic (exact) mass is 246 g/mol. The molecule has 1 aliphatic rings. The van der Waals surface area contributed by atoms with Crippen molar-refractivity contribution in [2.45, 2.75) is 6.04 Å². The molecule has 0 aromatic heterocycles. The van der Waals surface area contributed by atoms with Gasteiger partial charge in [0.2, 0.25) is 5.91 Å². The molecule has 0 aromatic carbocycles. The summed E-state index contributed by atoms with van der Waals surface area (Å²) in [7, 11) is 0. The van der Waals surface area contributed by atoms with Gasteiger partial charge in [0, 0.05) is 6.54 Å². The van der Waals surface area contributed by atoms with Crippen molar-refractivity contribution in [3.8, 4) is 0 Å². The molecule has 1 amide bonds. The van der Waals surface area contributed by atoms with Crippen LogP contribution in [0.4, 0.5) is 0 Å². The Kier molecular flexibility index (Phi) is 4.85. The van der Waals surface area contributed by atoms with Crippen LogP contribution < -0.4 is 5.32 Å². The molecule has 0 bridgehead atoms. The van der Waals surface area contributed by atoms with Gasteiger partial charge in [0.1, 0.15) is 19.1 Å². The van der Waals surface area contributed by atoms with Gasteiger partial charge in [-0.25, -0.2) is 0 Å². The van der Waals surface area contributed by atoms with E-state index < -0.39 is 37.0 Å². The van der Waals surface area contributed by atoms with Gasteiger partial charge in [0.05, 0.1) is 13.2 Å². The predicted molar refractivity (Wildman–Crippen MR) is 54.5 cm³/mol. The molecule has 1 rings (SSSR count). The Balaban J connectivity index is 2.63. The van der Waals surface area contributed by atoms with E-state index in [4.69, 9.17) is 14.9 Å². The van der Waals surface area contributed by atoms with E-state index >= 15 is 0 Å². The fourth-order valence-electron chi connectivity index (χ4n) is 1.48. The molecular formula is C9H14N2O6. The van der Waals surface area contributed by atoms with Crippen LogP contribution in [0.1, 0.15) is 0 Å². The zero-order valence-corrected chi connectivity index (χ0v) is 9.09. The number of nitrogens with zero attached hydrogens (tertiary/aromatic N) is 1. The number of carbonyl (C=O) groups is 3. The molecule has 3 N–H and O–H groups in total. The Morgan fingerprint density at radius 2 is 1.82 bits per heavy atom. The molecule has 1 unspecified atom stereocenters. The van der Waals surface area contributed by atoms with Crippen LogP contribution in [-0.4, -0.2) is 71.8 Å². The molecule has 8 heteroatoms. The van der Waals surface area contributed by atoms with Crippen LogP contribution in [0.5, 0.6) is 0 Å². The first-order chi connectivity index (χ1) is 8.00. The minimum Gasteiger partial charge on any atom is -0.480 e. The number of carboxylic acid groups (broad SMARTS) is 2. The van der Waals surface area contributed by atoms with Crippen molar-refractivity contribution in [1.82, 2.24) is 10.2 Å². The Morgan fingerprint density at radius 3 is 2.24 bits per heavy atom. The Morgan fingerprint density at radius 1 is 1.24 bits per heavy atom. The molecule has 96 valence electrons. The highest BCUT2D eigenvalue weighted by atomic mass is 16.5. The van der Waals surface area contributed by atoms with Gasteiger partial charge in [-0.2, -0.15) is 0 Å². The fourth-order valence-corrected chi connectivity index (χ4v) is 1.48. The molecule has 1 heterocycles. The summed E-state index contributed by atoms with van der Waals surface area (Å²) in [6, 6.07) is -0.678. The first-order valence-corrected chi connectivity index (χ1v) is 5.04. The molecule has 0 spiro atoms. The molecule has 0 radical (unpaired) electrons. The molecule has 0 aliphatic carbocycles. The lowest BCUT2D eigenvalue weighted by atomic mass is 10.2. The lowest BCUT2D eigenvalue weighted by Crippen LogP contribution is -2.54. The minimum atomic E-state index is -1.25. The van der Waals surface area contributed by atoms with E-state index in [0.29, 0.717) is 13.2 Å². The van der Waals surface area contributed by atoms with Gasteiger partial charge in [-0.05, 0) is 0 Å². The van der Waals surface area contributed by atoms with E-state index in [1.54, 1.807) is 0 Å². The van der Waals surface area contributed by atoms with Crippen LogP contribution in [0.15, 0.2) is 0 Å². The van der Waals surface area contributed by atoms with Gasteiger partial charge >= 0.3 is 11.9 Å². The molecule has 17 heavy (non-hydrogen) atoms. The van der Waals surface area contributed by atoms with Crippen molar-refractivity contribution in [2.75, 3.05) is 32.8 Å². The van der Waals surface area contributed by atoms with Crippen LogP contribution >= 0.6 is 0 Å². The molecular weight excluding hydrogens is 232 g/mol. The molecule has 1 atom stereocenters. The van der Waals surface area contributed by atoms with E-state index in [-0.39, 0.29) is 6.61 Å². The van der Waals surface area contributed by atoms with Crippen molar-refractivity contribution in [1.29, 1.82) is 0 Å². The van der Waals surface area contributed by atoms with Crippen LogP contribution in [0.2, 0.25) is 0 Å². The maximum atomic E-state index is 11.8. The Hall–Kier alpha value is -1.67. The number of amides is 1. The predicted octanol–water partition coefficient (Wildman–Crippen LogP) is -2.03. The molecule has 0 saturated carbocycles. The summed E-state index contributed by atoms with van der Waals surface area (Å²) in [5.74, 6) is -3.08. The van der Waals surface area contributed by atoms with E-state index in [1.165, 1.54) is 0 Å². The number of nitrogens with one attached hydrogen (secondary N) is 1. The van der Waals surface area contributed by atoms with Gasteiger partial charge in [-0.1, -0.05) is 0 Å². The average molecular weight is 246 g/mol. The van der Waals surface area contributed by atoms with Crippen LogP contribution in [0, 0.1) is 0 Å². The summed E-state index contributed by atoms with van der Waals surface area (Å²) < 4.78 is 5.06. The number of carbonyl (C=O) groups excluding carboxylic acids is 1. The first-order valence-electron chi connectivity index (χ1n) is 5.04. The summed E-state index contributed by atoms with van der Waals surface area (Å²) in [4.78, 5) is 33.7. The Labute approximate surface area is 97.1 Å². The summed E-state index contributed by atoms with van der Waals surface area (Å²) in [5.41, 5.74) is 0. The third-order valence-electron chi connectivity index (χ3n) is 2.18. The molecule has 1 aliphatic heterocycles. The molecule has 1 saturated heterocycles. The van der Waals surface area contributed by atoms with Crippen molar-refractivity contribution >= 4 is 17.8 Å². The molecule has 0 aromatic rings. The number of hydrogen-bond acceptors (Lipinski definition) is 5. The van der Waals surface area contributed by atoms with Gasteiger partial charge in [-0.3, -0.25) is 14.4 Å². The second-order valence-corrected chi connectivity index (χ2v) is 3.56. The maximum absolute atomic E-state index is 11.8. The van der Waals surface area contributed by atoms with Crippen molar-refractivity contribution < 1.29 is 29.3 Å². The van der Waals surface area contributed by atoms with E-state index in [0.717, 1.165) is 4.90 Å². The first kappa shape index (κ1) is 13.4. The highest BCUT2D eigenvalue weighted by Gasteiger charge is 2.28. The van der Waals surface area contributed by atoms with Crippen LogP contribution in [0.25, 0.3) is 0 Å². The fraction of sp³-hybridized carbons (Fsp3) is 0.667. The number of carboxylic acids is 2. The summed E-state index contributed by atoms with van der Waals surface area (Å²) in [6.45, 7) is -0.201. The Bertz CT molecular complexity index is 297. The third kappa shape index (κ3) is 4.37. The number of ether oxygens (including phenoxy) is 1. The van der Waals surface area contributed by atoms with Gasteiger partial charge < -0.3 is 25.2 Å². The van der Waals surface area contributed by atoms with Gasteiger partial charge in [0.15, 0.2) is 0 Å². The third-order valence-corrected chi connectivity index (χ3v) is 2.18. The summed E-state index contributed by atoms with van der Waals surface area (Å²) in [6.07, 6.45) is 0. The number of morpholine rings is 1. The maximum Gasteiger partial charge on any atom is 0.323 e. The molecule has 8 nitrogen and oxygen atoms in total. The summed E-state index contributed by atoms with van der Waals surface area (Å²) >= 11 is 0. The molecule has 1 fully saturated rings. The quantitative estimate of drug-likeness (QED) is 0.512. The standard InChI is InChI=1S/C9H14N2O6/c12-7(13)3-11(4-8(14)15)9(16)6-5-17-2-1-10-6/h6,10H,1-5H2,(H,12,13)(H,14,15). The second kappa shape index (κ2) is 6.16. The van der Waals surface area contributed by atoms with Crippen LogP contribution in [-0.2, 0) is 19.1 Å². The van der Waals surface area contributed by atoms with Crippen molar-refractivity contribution in [3.63, 3.8) is 0 Å². The van der Waals surface area contributed by atoms with Gasteiger partial charge in [0.25, 0.3) is 0 Å². The number of hydrogen-bond donors (Lipinski definition) is 3. The second-order valence-electron chi connectivity index (χ2n) is 3.56. The van der Waals surface area contributed by atoms with Gasteiger partial charge in [-0.15, -0.1) is 0 Å². The average Bonchev–Trinajstić information content (AvgIpc) is 2.27. The summed E-state index contributed by atoms with van der Waals surface area (Å²) in [5, 5.41) is 20.1. The zero-order chi connectivity index (χ0) is 12.8.